The summed E-state index contributed by atoms with van der Waals surface area (Å²) in [6.07, 6.45) is -0.325. The van der Waals surface area contributed by atoms with E-state index in [0.29, 0.717) is 18.4 Å². The Morgan fingerprint density at radius 1 is 1.35 bits per heavy atom. The number of rotatable bonds is 2. The average Bonchev–Trinajstić information content (AvgIpc) is 2.57. The largest absolute Gasteiger partial charge is 0.444 e. The third kappa shape index (κ3) is 3.98. The minimum atomic E-state index is -0.488. The Morgan fingerprint density at radius 3 is 2.41 bits per heavy atom. The molecular weight excluding hydrogens is 286 g/mol. The van der Waals surface area contributed by atoms with Crippen LogP contribution >= 0.6 is 15.9 Å². The number of ketones is 1. The molecule has 0 radical (unpaired) electrons. The summed E-state index contributed by atoms with van der Waals surface area (Å²) in [6, 6.07) is 0. The summed E-state index contributed by atoms with van der Waals surface area (Å²) in [5, 5.41) is 0.351. The van der Waals surface area contributed by atoms with Crippen molar-refractivity contribution in [1.29, 1.82) is 0 Å². The first-order valence-electron chi connectivity index (χ1n) is 5.81. The summed E-state index contributed by atoms with van der Waals surface area (Å²) >= 11 is 3.17. The van der Waals surface area contributed by atoms with Gasteiger partial charge in [-0.2, -0.15) is 0 Å². The lowest BCUT2D eigenvalue weighted by atomic mass is 9.95. The second-order valence-electron chi connectivity index (χ2n) is 5.57. The zero-order chi connectivity index (χ0) is 13.2. The molecule has 0 aromatic rings. The van der Waals surface area contributed by atoms with Gasteiger partial charge in [-0.3, -0.25) is 4.79 Å². The van der Waals surface area contributed by atoms with Crippen LogP contribution in [-0.2, 0) is 9.53 Å². The van der Waals surface area contributed by atoms with Crippen LogP contribution in [0.1, 0.15) is 27.7 Å². The van der Waals surface area contributed by atoms with E-state index >= 15 is 0 Å². The molecule has 1 aliphatic rings. The molecule has 17 heavy (non-hydrogen) atoms. The molecule has 0 bridgehead atoms. The molecule has 1 amide bonds. The van der Waals surface area contributed by atoms with Gasteiger partial charge in [-0.15, -0.1) is 0 Å². The van der Waals surface area contributed by atoms with Crippen LogP contribution in [0.25, 0.3) is 0 Å². The van der Waals surface area contributed by atoms with E-state index < -0.39 is 5.60 Å². The van der Waals surface area contributed by atoms with Gasteiger partial charge in [0.1, 0.15) is 11.4 Å². The standard InChI is InChI=1S/C12H20BrNO3/c1-8-6-14(7-9(8)10(15)5-13)11(16)17-12(2,3)4/h8-9H,5-7H2,1-4H3/t8?,9-/m1/s1. The highest BCUT2D eigenvalue weighted by Gasteiger charge is 2.37. The Morgan fingerprint density at radius 2 is 1.94 bits per heavy atom. The minimum Gasteiger partial charge on any atom is -0.444 e. The van der Waals surface area contributed by atoms with Crippen molar-refractivity contribution in [3.63, 3.8) is 0 Å². The maximum atomic E-state index is 11.8. The third-order valence-corrected chi connectivity index (χ3v) is 3.36. The fraction of sp³-hybridized carbons (Fsp3) is 0.833. The van der Waals surface area contributed by atoms with Gasteiger partial charge in [0.15, 0.2) is 0 Å². The summed E-state index contributed by atoms with van der Waals surface area (Å²) in [5.74, 6) is 0.290. The molecule has 1 fully saturated rings. The highest BCUT2D eigenvalue weighted by Crippen LogP contribution is 2.25. The van der Waals surface area contributed by atoms with E-state index in [0.717, 1.165) is 0 Å². The fourth-order valence-corrected chi connectivity index (χ4v) is 2.38. The van der Waals surface area contributed by atoms with E-state index in [-0.39, 0.29) is 23.7 Å². The molecule has 2 atom stereocenters. The number of likely N-dealkylation sites (tertiary alicyclic amines) is 1. The van der Waals surface area contributed by atoms with Crippen molar-refractivity contribution in [3.8, 4) is 0 Å². The van der Waals surface area contributed by atoms with Crippen LogP contribution in [-0.4, -0.2) is 40.8 Å². The first-order valence-corrected chi connectivity index (χ1v) is 6.93. The maximum absolute atomic E-state index is 11.8. The normalized spacial score (nSPS) is 24.9. The third-order valence-electron chi connectivity index (χ3n) is 2.81. The van der Waals surface area contributed by atoms with Crippen molar-refractivity contribution in [2.24, 2.45) is 11.8 Å². The molecular formula is C12H20BrNO3. The zero-order valence-electron chi connectivity index (χ0n) is 10.8. The van der Waals surface area contributed by atoms with Crippen molar-refractivity contribution < 1.29 is 14.3 Å². The van der Waals surface area contributed by atoms with E-state index in [9.17, 15) is 9.59 Å². The van der Waals surface area contributed by atoms with Gasteiger partial charge in [0.25, 0.3) is 0 Å². The van der Waals surface area contributed by atoms with Crippen LogP contribution in [0.15, 0.2) is 0 Å². The smallest absolute Gasteiger partial charge is 0.410 e. The van der Waals surface area contributed by atoms with Gasteiger partial charge in [0.2, 0.25) is 0 Å². The molecule has 0 saturated carbocycles. The Labute approximate surface area is 111 Å². The highest BCUT2D eigenvalue weighted by molar-refractivity contribution is 9.09. The number of amides is 1. The maximum Gasteiger partial charge on any atom is 0.410 e. The molecule has 1 unspecified atom stereocenters. The number of halogens is 1. The molecule has 1 rings (SSSR count). The van der Waals surface area contributed by atoms with Gasteiger partial charge >= 0.3 is 6.09 Å². The molecule has 1 heterocycles. The molecule has 0 aromatic heterocycles. The number of alkyl halides is 1. The topological polar surface area (TPSA) is 46.6 Å². The Kier molecular flexibility index (Phi) is 4.58. The van der Waals surface area contributed by atoms with E-state index in [4.69, 9.17) is 4.74 Å². The SMILES string of the molecule is CC1CN(C(=O)OC(C)(C)C)C[C@H]1C(=O)CBr. The number of Topliss-reactive ketones (excluding diaryl/α,β-unsaturated/α-hetero) is 1. The second-order valence-corrected chi connectivity index (χ2v) is 6.13. The molecule has 5 heteroatoms. The van der Waals surface area contributed by atoms with Gasteiger partial charge in [-0.1, -0.05) is 22.9 Å². The van der Waals surface area contributed by atoms with Crippen LogP contribution < -0.4 is 0 Å². The van der Waals surface area contributed by atoms with E-state index in [2.05, 4.69) is 15.9 Å². The molecule has 1 saturated heterocycles. The number of hydrogen-bond acceptors (Lipinski definition) is 3. The lowest BCUT2D eigenvalue weighted by Crippen LogP contribution is -2.36. The summed E-state index contributed by atoms with van der Waals surface area (Å²) < 4.78 is 5.30. The second kappa shape index (κ2) is 5.38. The molecule has 0 aromatic carbocycles. The molecule has 1 aliphatic heterocycles. The number of nitrogens with zero attached hydrogens (tertiary/aromatic N) is 1. The fourth-order valence-electron chi connectivity index (χ4n) is 1.96. The average molecular weight is 306 g/mol. The van der Waals surface area contributed by atoms with Crippen LogP contribution in [0.2, 0.25) is 0 Å². The molecule has 0 aliphatic carbocycles. The van der Waals surface area contributed by atoms with Crippen molar-refractivity contribution >= 4 is 27.8 Å². The Bertz CT molecular complexity index is 311. The van der Waals surface area contributed by atoms with Gasteiger partial charge in [0, 0.05) is 19.0 Å². The van der Waals surface area contributed by atoms with Crippen LogP contribution in [0.4, 0.5) is 4.79 Å². The molecule has 0 N–H and O–H groups in total. The van der Waals surface area contributed by atoms with Gasteiger partial charge < -0.3 is 9.64 Å². The molecule has 98 valence electrons. The summed E-state index contributed by atoms with van der Waals surface area (Å²) in [6.45, 7) is 8.58. The summed E-state index contributed by atoms with van der Waals surface area (Å²) in [5.41, 5.74) is -0.488. The predicted octanol–water partition coefficient (Wildman–Crippen LogP) is 2.45. The van der Waals surface area contributed by atoms with Gasteiger partial charge in [-0.05, 0) is 26.7 Å². The molecule has 4 nitrogen and oxygen atoms in total. The summed E-state index contributed by atoms with van der Waals surface area (Å²) in [4.78, 5) is 25.1. The number of hydrogen-bond donors (Lipinski definition) is 0. The summed E-state index contributed by atoms with van der Waals surface area (Å²) in [7, 11) is 0. The van der Waals surface area contributed by atoms with Crippen LogP contribution in [0.5, 0.6) is 0 Å². The quantitative estimate of drug-likeness (QED) is 0.736. The van der Waals surface area contributed by atoms with E-state index in [1.54, 1.807) is 4.90 Å². The minimum absolute atomic E-state index is 0.0677. The van der Waals surface area contributed by atoms with E-state index in [1.165, 1.54) is 0 Å². The zero-order valence-corrected chi connectivity index (χ0v) is 12.4. The van der Waals surface area contributed by atoms with Crippen molar-refractivity contribution in [1.82, 2.24) is 4.90 Å². The molecule has 0 spiro atoms. The number of ether oxygens (including phenoxy) is 1. The predicted molar refractivity (Wildman–Crippen MR) is 69.3 cm³/mol. The number of carbonyl (C=O) groups excluding carboxylic acids is 2. The van der Waals surface area contributed by atoms with Crippen molar-refractivity contribution in [2.45, 2.75) is 33.3 Å². The Balaban J connectivity index is 2.60. The van der Waals surface area contributed by atoms with Gasteiger partial charge in [-0.25, -0.2) is 4.79 Å². The first-order chi connectivity index (χ1) is 7.74. The monoisotopic (exact) mass is 305 g/mol. The number of carbonyl (C=O) groups is 2. The Hall–Kier alpha value is -0.580. The van der Waals surface area contributed by atoms with E-state index in [1.807, 2.05) is 27.7 Å². The van der Waals surface area contributed by atoms with Crippen molar-refractivity contribution in [2.75, 3.05) is 18.4 Å². The van der Waals surface area contributed by atoms with Crippen molar-refractivity contribution in [3.05, 3.63) is 0 Å². The first kappa shape index (κ1) is 14.5. The van der Waals surface area contributed by atoms with Crippen LogP contribution in [0.3, 0.4) is 0 Å². The lowest BCUT2D eigenvalue weighted by molar-refractivity contribution is -0.120. The van der Waals surface area contributed by atoms with Gasteiger partial charge in [0.05, 0.1) is 5.33 Å². The lowest BCUT2D eigenvalue weighted by Gasteiger charge is -2.24. The van der Waals surface area contributed by atoms with Crippen LogP contribution in [0, 0.1) is 11.8 Å². The highest BCUT2D eigenvalue weighted by atomic mass is 79.9.